The summed E-state index contributed by atoms with van der Waals surface area (Å²) >= 11 is 0. The summed E-state index contributed by atoms with van der Waals surface area (Å²) in [5.74, 6) is -1.07. The second kappa shape index (κ2) is 8.04. The summed E-state index contributed by atoms with van der Waals surface area (Å²) in [4.78, 5) is 26.8. The number of amides is 1. The van der Waals surface area contributed by atoms with Crippen LogP contribution < -0.4 is 0 Å². The Labute approximate surface area is 152 Å². The van der Waals surface area contributed by atoms with Gasteiger partial charge in [0.1, 0.15) is 5.78 Å². The summed E-state index contributed by atoms with van der Waals surface area (Å²) < 4.78 is 0. The van der Waals surface area contributed by atoms with Gasteiger partial charge in [-0.3, -0.25) is 9.59 Å². The highest BCUT2D eigenvalue weighted by molar-refractivity contribution is 5.98. The average molecular weight is 353 g/mol. The minimum atomic E-state index is -0.407. The molecule has 0 aliphatic carbocycles. The molecule has 1 unspecified atom stereocenters. The van der Waals surface area contributed by atoms with Crippen molar-refractivity contribution in [2.45, 2.75) is 25.7 Å². The molecule has 5 heteroatoms. The number of Topliss-reactive ketones (excluding diaryl/α,β-unsaturated/α-hetero) is 1. The summed E-state index contributed by atoms with van der Waals surface area (Å²) in [5.41, 5.74) is 1.21. The maximum Gasteiger partial charge on any atom is 0.257 e. The molecule has 1 aliphatic rings. The number of nitrogens with zero attached hydrogens (tertiary/aromatic N) is 1. The summed E-state index contributed by atoms with van der Waals surface area (Å²) in [7, 11) is 0. The van der Waals surface area contributed by atoms with Crippen LogP contribution in [0.3, 0.4) is 0 Å². The van der Waals surface area contributed by atoms with Crippen LogP contribution in [0.25, 0.3) is 0 Å². The predicted molar refractivity (Wildman–Crippen MR) is 98.2 cm³/mol. The number of phenolic OH excluding ortho intramolecular Hbond substituents is 2. The number of para-hydroxylation sites is 1. The molecule has 1 heterocycles. The Morgan fingerprint density at radius 3 is 2.58 bits per heavy atom. The van der Waals surface area contributed by atoms with E-state index in [2.05, 4.69) is 0 Å². The number of benzene rings is 2. The fourth-order valence-electron chi connectivity index (χ4n) is 3.42. The molecule has 0 radical (unpaired) electrons. The Hall–Kier alpha value is -2.82. The van der Waals surface area contributed by atoms with E-state index in [0.29, 0.717) is 25.9 Å². The van der Waals surface area contributed by atoms with E-state index in [1.54, 1.807) is 4.90 Å². The standard InChI is InChI=1S/C21H23NO4/c23-18(12-11-15-6-2-1-3-7-15)16-8-5-13-22(14-16)21(26)17-9-4-10-19(24)20(17)25/h1-4,6-7,9-10,16,24-25H,5,8,11-14H2. The van der Waals surface area contributed by atoms with Gasteiger partial charge >= 0.3 is 0 Å². The van der Waals surface area contributed by atoms with E-state index in [-0.39, 0.29) is 28.9 Å². The average Bonchev–Trinajstić information content (AvgIpc) is 2.68. The van der Waals surface area contributed by atoms with E-state index in [4.69, 9.17) is 0 Å². The van der Waals surface area contributed by atoms with Crippen molar-refractivity contribution in [2.24, 2.45) is 5.92 Å². The zero-order valence-electron chi connectivity index (χ0n) is 14.6. The molecule has 2 N–H and O–H groups in total. The molecule has 5 nitrogen and oxygen atoms in total. The van der Waals surface area contributed by atoms with Crippen molar-refractivity contribution in [3.05, 3.63) is 59.7 Å². The van der Waals surface area contributed by atoms with Crippen molar-refractivity contribution < 1.29 is 19.8 Å². The third kappa shape index (κ3) is 4.04. The van der Waals surface area contributed by atoms with E-state index in [1.807, 2.05) is 30.3 Å². The number of aromatic hydroxyl groups is 2. The van der Waals surface area contributed by atoms with Gasteiger partial charge in [0.05, 0.1) is 5.56 Å². The van der Waals surface area contributed by atoms with E-state index >= 15 is 0 Å². The molecule has 0 spiro atoms. The zero-order valence-corrected chi connectivity index (χ0v) is 14.6. The molecule has 0 bridgehead atoms. The lowest BCUT2D eigenvalue weighted by Crippen LogP contribution is -2.42. The van der Waals surface area contributed by atoms with Gasteiger partial charge in [-0.25, -0.2) is 0 Å². The van der Waals surface area contributed by atoms with Gasteiger partial charge < -0.3 is 15.1 Å². The van der Waals surface area contributed by atoms with Crippen molar-refractivity contribution in [1.29, 1.82) is 0 Å². The molecule has 1 saturated heterocycles. The van der Waals surface area contributed by atoms with Gasteiger partial charge in [0.15, 0.2) is 11.5 Å². The van der Waals surface area contributed by atoms with Crippen molar-refractivity contribution in [3.8, 4) is 11.5 Å². The molecule has 0 aromatic heterocycles. The fourth-order valence-corrected chi connectivity index (χ4v) is 3.42. The van der Waals surface area contributed by atoms with Gasteiger partial charge in [-0.2, -0.15) is 0 Å². The molecule has 2 aromatic rings. The maximum atomic E-state index is 12.7. The number of piperidine rings is 1. The highest BCUT2D eigenvalue weighted by Gasteiger charge is 2.29. The SMILES string of the molecule is O=C(CCc1ccccc1)C1CCCN(C(=O)c2cccc(O)c2O)C1. The molecule has 26 heavy (non-hydrogen) atoms. The fraction of sp³-hybridized carbons (Fsp3) is 0.333. The number of hydrogen-bond acceptors (Lipinski definition) is 4. The second-order valence-electron chi connectivity index (χ2n) is 6.72. The first-order valence-electron chi connectivity index (χ1n) is 8.93. The molecule has 1 aliphatic heterocycles. The Kier molecular flexibility index (Phi) is 5.56. The molecule has 1 fully saturated rings. The van der Waals surface area contributed by atoms with Gasteiger partial charge in [0.2, 0.25) is 0 Å². The van der Waals surface area contributed by atoms with Crippen LogP contribution in [-0.2, 0) is 11.2 Å². The highest BCUT2D eigenvalue weighted by atomic mass is 16.3. The molecular weight excluding hydrogens is 330 g/mol. The Morgan fingerprint density at radius 1 is 1.04 bits per heavy atom. The molecule has 136 valence electrons. The number of carbonyl (C=O) groups excluding carboxylic acids is 2. The van der Waals surface area contributed by atoms with Crippen molar-refractivity contribution in [2.75, 3.05) is 13.1 Å². The van der Waals surface area contributed by atoms with Crippen LogP contribution >= 0.6 is 0 Å². The minimum Gasteiger partial charge on any atom is -0.504 e. The number of carbonyl (C=O) groups is 2. The first kappa shape index (κ1) is 18.0. The molecule has 1 amide bonds. The number of phenols is 2. The summed E-state index contributed by atoms with van der Waals surface area (Å²) in [6.45, 7) is 0.915. The van der Waals surface area contributed by atoms with Crippen LogP contribution in [0.4, 0.5) is 0 Å². The Bertz CT molecular complexity index is 788. The number of ketones is 1. The van der Waals surface area contributed by atoms with Gasteiger partial charge in [0.25, 0.3) is 5.91 Å². The van der Waals surface area contributed by atoms with Crippen LogP contribution in [0, 0.1) is 5.92 Å². The van der Waals surface area contributed by atoms with Crippen molar-refractivity contribution in [1.82, 2.24) is 4.90 Å². The smallest absolute Gasteiger partial charge is 0.257 e. The van der Waals surface area contributed by atoms with Crippen molar-refractivity contribution >= 4 is 11.7 Å². The van der Waals surface area contributed by atoms with Crippen LogP contribution in [0.15, 0.2) is 48.5 Å². The second-order valence-corrected chi connectivity index (χ2v) is 6.72. The van der Waals surface area contributed by atoms with Crippen LogP contribution in [0.1, 0.15) is 35.2 Å². The Balaban J connectivity index is 1.62. The number of likely N-dealkylation sites (tertiary alicyclic amines) is 1. The summed E-state index contributed by atoms with van der Waals surface area (Å²) in [6.07, 6.45) is 2.71. The monoisotopic (exact) mass is 353 g/mol. The highest BCUT2D eigenvalue weighted by Crippen LogP contribution is 2.30. The maximum absolute atomic E-state index is 12.7. The minimum absolute atomic E-state index is 0.0717. The van der Waals surface area contributed by atoms with Crippen LogP contribution in [0.5, 0.6) is 11.5 Å². The largest absolute Gasteiger partial charge is 0.504 e. The van der Waals surface area contributed by atoms with E-state index in [1.165, 1.54) is 18.2 Å². The summed E-state index contributed by atoms with van der Waals surface area (Å²) in [6, 6.07) is 14.2. The van der Waals surface area contributed by atoms with E-state index < -0.39 is 5.75 Å². The first-order valence-corrected chi connectivity index (χ1v) is 8.93. The van der Waals surface area contributed by atoms with E-state index in [0.717, 1.165) is 18.4 Å². The lowest BCUT2D eigenvalue weighted by molar-refractivity contribution is -0.124. The Morgan fingerprint density at radius 2 is 1.81 bits per heavy atom. The first-order chi connectivity index (χ1) is 12.6. The van der Waals surface area contributed by atoms with Crippen molar-refractivity contribution in [3.63, 3.8) is 0 Å². The molecule has 3 rings (SSSR count). The van der Waals surface area contributed by atoms with E-state index in [9.17, 15) is 19.8 Å². The van der Waals surface area contributed by atoms with Gasteiger partial charge in [-0.15, -0.1) is 0 Å². The third-order valence-corrected chi connectivity index (χ3v) is 4.91. The quantitative estimate of drug-likeness (QED) is 0.810. The topological polar surface area (TPSA) is 77.8 Å². The molecule has 2 aromatic carbocycles. The molecule has 0 saturated carbocycles. The number of rotatable bonds is 5. The predicted octanol–water partition coefficient (Wildman–Crippen LogP) is 3.15. The zero-order chi connectivity index (χ0) is 18.5. The van der Waals surface area contributed by atoms with Crippen LogP contribution in [-0.4, -0.2) is 39.9 Å². The van der Waals surface area contributed by atoms with Gasteiger partial charge in [0, 0.05) is 25.4 Å². The lowest BCUT2D eigenvalue weighted by Gasteiger charge is -2.32. The van der Waals surface area contributed by atoms with Crippen LogP contribution in [0.2, 0.25) is 0 Å². The van der Waals surface area contributed by atoms with Gasteiger partial charge in [-0.05, 0) is 37.0 Å². The number of aryl methyl sites for hydroxylation is 1. The normalized spacial score (nSPS) is 17.1. The molecule has 1 atom stereocenters. The molecular formula is C21H23NO4. The van der Waals surface area contributed by atoms with Gasteiger partial charge in [-0.1, -0.05) is 36.4 Å². The number of hydrogen-bond donors (Lipinski definition) is 2. The lowest BCUT2D eigenvalue weighted by atomic mass is 9.90. The third-order valence-electron chi connectivity index (χ3n) is 4.91. The summed E-state index contributed by atoms with van der Waals surface area (Å²) in [5, 5.41) is 19.5.